The van der Waals surface area contributed by atoms with Crippen molar-refractivity contribution in [1.82, 2.24) is 4.98 Å². The molecule has 0 atom stereocenters. The molecule has 0 bridgehead atoms. The van der Waals surface area contributed by atoms with Crippen LogP contribution < -0.4 is 10.2 Å². The summed E-state index contributed by atoms with van der Waals surface area (Å²) in [7, 11) is 3.82. The van der Waals surface area contributed by atoms with Crippen LogP contribution >= 0.6 is 0 Å². The SMILES string of the molecule is CN(C)c1ccc(NC=O)cn1. The third-order valence-corrected chi connectivity index (χ3v) is 1.43. The van der Waals surface area contributed by atoms with Crippen molar-refractivity contribution in [2.45, 2.75) is 0 Å². The molecule has 1 heterocycles. The van der Waals surface area contributed by atoms with Crippen LogP contribution in [0, 0.1) is 0 Å². The van der Waals surface area contributed by atoms with Gasteiger partial charge in [0.15, 0.2) is 0 Å². The van der Waals surface area contributed by atoms with Crippen molar-refractivity contribution in [2.24, 2.45) is 0 Å². The van der Waals surface area contributed by atoms with Crippen LogP contribution in [0.15, 0.2) is 18.3 Å². The third-order valence-electron chi connectivity index (χ3n) is 1.43. The average Bonchev–Trinajstić information content (AvgIpc) is 2.06. The fraction of sp³-hybridized carbons (Fsp3) is 0.250. The third kappa shape index (κ3) is 1.95. The number of nitrogens with zero attached hydrogens (tertiary/aromatic N) is 2. The molecule has 0 radical (unpaired) electrons. The molecular formula is C8H11N3O. The molecule has 1 N–H and O–H groups in total. The van der Waals surface area contributed by atoms with E-state index in [9.17, 15) is 4.79 Å². The number of aromatic nitrogens is 1. The lowest BCUT2D eigenvalue weighted by Crippen LogP contribution is -2.10. The van der Waals surface area contributed by atoms with Crippen molar-refractivity contribution >= 4 is 17.9 Å². The van der Waals surface area contributed by atoms with Gasteiger partial charge in [-0.1, -0.05) is 0 Å². The van der Waals surface area contributed by atoms with Crippen LogP contribution in [-0.4, -0.2) is 25.5 Å². The number of anilines is 2. The number of pyridine rings is 1. The van der Waals surface area contributed by atoms with E-state index >= 15 is 0 Å². The lowest BCUT2D eigenvalue weighted by Gasteiger charge is -2.10. The van der Waals surface area contributed by atoms with Gasteiger partial charge in [-0.3, -0.25) is 4.79 Å². The Hall–Kier alpha value is -1.58. The zero-order valence-electron chi connectivity index (χ0n) is 7.11. The van der Waals surface area contributed by atoms with Crippen LogP contribution in [0.3, 0.4) is 0 Å². The van der Waals surface area contributed by atoms with Gasteiger partial charge < -0.3 is 10.2 Å². The normalized spacial score (nSPS) is 9.17. The number of amides is 1. The van der Waals surface area contributed by atoms with E-state index in [1.165, 1.54) is 0 Å². The first-order valence-electron chi connectivity index (χ1n) is 3.57. The number of hydrogen-bond donors (Lipinski definition) is 1. The molecule has 0 aliphatic heterocycles. The van der Waals surface area contributed by atoms with Crippen LogP contribution in [0.1, 0.15) is 0 Å². The van der Waals surface area contributed by atoms with Gasteiger partial charge in [-0.25, -0.2) is 4.98 Å². The highest BCUT2D eigenvalue weighted by molar-refractivity contribution is 5.70. The van der Waals surface area contributed by atoms with E-state index in [1.54, 1.807) is 12.3 Å². The molecule has 1 aromatic heterocycles. The van der Waals surface area contributed by atoms with Gasteiger partial charge in [0.2, 0.25) is 6.41 Å². The maximum atomic E-state index is 10.0. The zero-order chi connectivity index (χ0) is 8.97. The first kappa shape index (κ1) is 8.52. The highest BCUT2D eigenvalue weighted by Crippen LogP contribution is 2.10. The van der Waals surface area contributed by atoms with Gasteiger partial charge in [0, 0.05) is 14.1 Å². The molecule has 0 saturated carbocycles. The molecule has 0 spiro atoms. The van der Waals surface area contributed by atoms with Crippen LogP contribution in [0.5, 0.6) is 0 Å². The number of carbonyl (C=O) groups excluding carboxylic acids is 1. The second-order valence-corrected chi connectivity index (χ2v) is 2.56. The first-order chi connectivity index (χ1) is 5.74. The largest absolute Gasteiger partial charge is 0.363 e. The fourth-order valence-electron chi connectivity index (χ4n) is 0.804. The quantitative estimate of drug-likeness (QED) is 0.671. The van der Waals surface area contributed by atoms with E-state index in [1.807, 2.05) is 25.1 Å². The Bertz CT molecular complexity index is 256. The molecule has 0 aromatic carbocycles. The lowest BCUT2D eigenvalue weighted by atomic mass is 10.4. The molecule has 4 heteroatoms. The topological polar surface area (TPSA) is 45.2 Å². The minimum Gasteiger partial charge on any atom is -0.363 e. The molecule has 0 unspecified atom stereocenters. The molecule has 1 amide bonds. The Morgan fingerprint density at radius 1 is 1.50 bits per heavy atom. The molecule has 12 heavy (non-hydrogen) atoms. The summed E-state index contributed by atoms with van der Waals surface area (Å²) in [6.45, 7) is 0. The monoisotopic (exact) mass is 165 g/mol. The summed E-state index contributed by atoms with van der Waals surface area (Å²) < 4.78 is 0. The molecule has 0 aliphatic carbocycles. The van der Waals surface area contributed by atoms with Crippen molar-refractivity contribution in [3.63, 3.8) is 0 Å². The van der Waals surface area contributed by atoms with Crippen molar-refractivity contribution in [3.8, 4) is 0 Å². The van der Waals surface area contributed by atoms with E-state index in [0.717, 1.165) is 5.82 Å². The fourth-order valence-corrected chi connectivity index (χ4v) is 0.804. The van der Waals surface area contributed by atoms with E-state index in [-0.39, 0.29) is 0 Å². The van der Waals surface area contributed by atoms with Gasteiger partial charge in [0.1, 0.15) is 5.82 Å². The summed E-state index contributed by atoms with van der Waals surface area (Å²) in [6, 6.07) is 3.64. The molecule has 64 valence electrons. The second-order valence-electron chi connectivity index (χ2n) is 2.56. The number of hydrogen-bond acceptors (Lipinski definition) is 3. The van der Waals surface area contributed by atoms with E-state index in [2.05, 4.69) is 10.3 Å². The number of rotatable bonds is 3. The highest BCUT2D eigenvalue weighted by atomic mass is 16.1. The van der Waals surface area contributed by atoms with Gasteiger partial charge in [0.05, 0.1) is 11.9 Å². The molecule has 1 aromatic rings. The second kappa shape index (κ2) is 3.71. The molecule has 0 saturated heterocycles. The lowest BCUT2D eigenvalue weighted by molar-refractivity contribution is -0.105. The van der Waals surface area contributed by atoms with E-state index in [4.69, 9.17) is 0 Å². The summed E-state index contributed by atoms with van der Waals surface area (Å²) in [5, 5.41) is 2.51. The van der Waals surface area contributed by atoms with E-state index in [0.29, 0.717) is 12.1 Å². The van der Waals surface area contributed by atoms with Gasteiger partial charge in [-0.15, -0.1) is 0 Å². The van der Waals surface area contributed by atoms with Crippen molar-refractivity contribution in [1.29, 1.82) is 0 Å². The summed E-state index contributed by atoms with van der Waals surface area (Å²) in [6.07, 6.45) is 2.25. The number of carbonyl (C=O) groups is 1. The Morgan fingerprint density at radius 3 is 2.67 bits per heavy atom. The molecule has 0 fully saturated rings. The number of nitrogens with one attached hydrogen (secondary N) is 1. The van der Waals surface area contributed by atoms with Crippen molar-refractivity contribution in [2.75, 3.05) is 24.3 Å². The van der Waals surface area contributed by atoms with Gasteiger partial charge in [0.25, 0.3) is 0 Å². The summed E-state index contributed by atoms with van der Waals surface area (Å²) in [4.78, 5) is 16.0. The molecular weight excluding hydrogens is 154 g/mol. The molecule has 1 rings (SSSR count). The van der Waals surface area contributed by atoms with Gasteiger partial charge in [-0.2, -0.15) is 0 Å². The van der Waals surface area contributed by atoms with Crippen LogP contribution in [0.2, 0.25) is 0 Å². The summed E-state index contributed by atoms with van der Waals surface area (Å²) in [5.74, 6) is 0.867. The average molecular weight is 165 g/mol. The van der Waals surface area contributed by atoms with E-state index < -0.39 is 0 Å². The maximum absolute atomic E-state index is 10.0. The minimum absolute atomic E-state index is 0.631. The van der Waals surface area contributed by atoms with Crippen molar-refractivity contribution in [3.05, 3.63) is 18.3 Å². The van der Waals surface area contributed by atoms with Gasteiger partial charge >= 0.3 is 0 Å². The summed E-state index contributed by atoms with van der Waals surface area (Å²) >= 11 is 0. The summed E-state index contributed by atoms with van der Waals surface area (Å²) in [5.41, 5.74) is 0.704. The predicted molar refractivity (Wildman–Crippen MR) is 48.3 cm³/mol. The smallest absolute Gasteiger partial charge is 0.211 e. The Labute approximate surface area is 71.2 Å². The van der Waals surface area contributed by atoms with Crippen molar-refractivity contribution < 1.29 is 4.79 Å². The Kier molecular flexibility index (Phi) is 2.63. The first-order valence-corrected chi connectivity index (χ1v) is 3.57. The van der Waals surface area contributed by atoms with Gasteiger partial charge in [-0.05, 0) is 12.1 Å². The predicted octanol–water partition coefficient (Wildman–Crippen LogP) is 0.716. The maximum Gasteiger partial charge on any atom is 0.211 e. The minimum atomic E-state index is 0.631. The Balaban J connectivity index is 2.78. The van der Waals surface area contributed by atoms with Crippen LogP contribution in [0.4, 0.5) is 11.5 Å². The molecule has 4 nitrogen and oxygen atoms in total. The van der Waals surface area contributed by atoms with Crippen LogP contribution in [0.25, 0.3) is 0 Å². The standard InChI is InChI=1S/C8H11N3O/c1-11(2)8-4-3-7(5-9-8)10-6-12/h3-6H,1-2H3,(H,10,12). The molecule has 0 aliphatic rings. The highest BCUT2D eigenvalue weighted by Gasteiger charge is 1.95. The zero-order valence-corrected chi connectivity index (χ0v) is 7.11. The Morgan fingerprint density at radius 2 is 2.25 bits per heavy atom. The van der Waals surface area contributed by atoms with Crippen LogP contribution in [-0.2, 0) is 4.79 Å².